The first-order valence-corrected chi connectivity index (χ1v) is 7.78. The fraction of sp³-hybridized carbons (Fsp3) is 0.263. The lowest BCUT2D eigenvalue weighted by molar-refractivity contribution is -0.139. The van der Waals surface area contributed by atoms with Crippen molar-refractivity contribution in [2.24, 2.45) is 0 Å². The Balaban J connectivity index is 1.67. The van der Waals surface area contributed by atoms with Gasteiger partial charge in [-0.1, -0.05) is 6.07 Å². The van der Waals surface area contributed by atoms with Gasteiger partial charge < -0.3 is 14.2 Å². The first-order valence-electron chi connectivity index (χ1n) is 7.78. The molecule has 0 spiro atoms. The number of benzene rings is 1. The molecule has 0 saturated heterocycles. The fourth-order valence-electron chi connectivity index (χ4n) is 2.60. The van der Waals surface area contributed by atoms with Crippen molar-refractivity contribution in [2.75, 3.05) is 7.11 Å². The van der Waals surface area contributed by atoms with Gasteiger partial charge in [0.1, 0.15) is 24.2 Å². The summed E-state index contributed by atoms with van der Waals surface area (Å²) in [5, 5.41) is 0. The zero-order chi connectivity index (χ0) is 16.9. The summed E-state index contributed by atoms with van der Waals surface area (Å²) in [4.78, 5) is 16.0. The van der Waals surface area contributed by atoms with E-state index in [1.54, 1.807) is 25.4 Å². The minimum absolute atomic E-state index is 0.145. The van der Waals surface area contributed by atoms with Crippen LogP contribution in [0, 0.1) is 0 Å². The van der Waals surface area contributed by atoms with Gasteiger partial charge in [0.2, 0.25) is 0 Å². The second-order valence-electron chi connectivity index (χ2n) is 5.60. The van der Waals surface area contributed by atoms with E-state index >= 15 is 0 Å². The Bertz CT molecular complexity index is 755. The van der Waals surface area contributed by atoms with Crippen LogP contribution in [0.3, 0.4) is 0 Å². The van der Waals surface area contributed by atoms with Crippen LogP contribution >= 0.6 is 0 Å². The van der Waals surface area contributed by atoms with E-state index in [-0.39, 0.29) is 12.7 Å². The highest BCUT2D eigenvalue weighted by molar-refractivity contribution is 5.87. The Kier molecular flexibility index (Phi) is 4.79. The molecule has 1 aliphatic heterocycles. The number of hydrogen-bond acceptors (Lipinski definition) is 5. The van der Waals surface area contributed by atoms with Crippen molar-refractivity contribution >= 4 is 12.0 Å². The number of carbonyl (C=O) groups is 1. The monoisotopic (exact) mass is 325 g/mol. The van der Waals surface area contributed by atoms with Crippen molar-refractivity contribution in [1.29, 1.82) is 0 Å². The van der Waals surface area contributed by atoms with Gasteiger partial charge in [0, 0.05) is 29.8 Å². The van der Waals surface area contributed by atoms with Crippen LogP contribution in [-0.4, -0.2) is 24.2 Å². The summed E-state index contributed by atoms with van der Waals surface area (Å²) in [6.07, 6.45) is 5.74. The van der Waals surface area contributed by atoms with Crippen molar-refractivity contribution in [3.63, 3.8) is 0 Å². The highest BCUT2D eigenvalue weighted by atomic mass is 16.5. The van der Waals surface area contributed by atoms with Gasteiger partial charge in [0.25, 0.3) is 0 Å². The lowest BCUT2D eigenvalue weighted by atomic mass is 10.1. The molecule has 3 rings (SSSR count). The summed E-state index contributed by atoms with van der Waals surface area (Å²) in [6, 6.07) is 9.31. The Morgan fingerprint density at radius 3 is 3.04 bits per heavy atom. The highest BCUT2D eigenvalue weighted by Crippen LogP contribution is 2.35. The molecule has 0 amide bonds. The summed E-state index contributed by atoms with van der Waals surface area (Å²) >= 11 is 0. The Hall–Kier alpha value is -2.82. The zero-order valence-electron chi connectivity index (χ0n) is 13.7. The lowest BCUT2D eigenvalue weighted by Gasteiger charge is -2.08. The van der Waals surface area contributed by atoms with Gasteiger partial charge in [-0.05, 0) is 37.3 Å². The molecule has 1 aliphatic rings. The van der Waals surface area contributed by atoms with Crippen LogP contribution in [0.4, 0.5) is 0 Å². The van der Waals surface area contributed by atoms with E-state index in [9.17, 15) is 4.79 Å². The highest BCUT2D eigenvalue weighted by Gasteiger charge is 2.21. The molecule has 0 N–H and O–H groups in total. The van der Waals surface area contributed by atoms with E-state index in [1.165, 1.54) is 6.08 Å². The lowest BCUT2D eigenvalue weighted by Crippen LogP contribution is -2.05. The van der Waals surface area contributed by atoms with E-state index < -0.39 is 5.97 Å². The van der Waals surface area contributed by atoms with E-state index in [1.807, 2.05) is 31.2 Å². The van der Waals surface area contributed by atoms with Gasteiger partial charge in [0.05, 0.1) is 12.8 Å². The fourth-order valence-corrected chi connectivity index (χ4v) is 2.60. The van der Waals surface area contributed by atoms with E-state index in [0.717, 1.165) is 23.3 Å². The summed E-state index contributed by atoms with van der Waals surface area (Å²) in [5.74, 6) is 1.11. The largest absolute Gasteiger partial charge is 0.496 e. The topological polar surface area (TPSA) is 57.7 Å². The predicted octanol–water partition coefficient (Wildman–Crippen LogP) is 3.17. The third-order valence-corrected chi connectivity index (χ3v) is 3.74. The number of rotatable bonds is 5. The second kappa shape index (κ2) is 7.17. The number of methoxy groups -OCH3 is 1. The molecule has 0 aliphatic carbocycles. The van der Waals surface area contributed by atoms with Crippen molar-refractivity contribution in [2.45, 2.75) is 26.1 Å². The molecule has 0 radical (unpaired) electrons. The molecule has 1 aromatic carbocycles. The van der Waals surface area contributed by atoms with E-state index in [0.29, 0.717) is 11.4 Å². The van der Waals surface area contributed by atoms with Gasteiger partial charge in [-0.15, -0.1) is 0 Å². The number of aromatic nitrogens is 1. The number of ether oxygens (including phenoxy) is 3. The molecule has 0 saturated carbocycles. The third kappa shape index (κ3) is 3.74. The Morgan fingerprint density at radius 2 is 2.29 bits per heavy atom. The maximum absolute atomic E-state index is 11.9. The van der Waals surface area contributed by atoms with Gasteiger partial charge in [-0.25, -0.2) is 4.79 Å². The maximum atomic E-state index is 11.9. The summed E-state index contributed by atoms with van der Waals surface area (Å²) in [5.41, 5.74) is 2.60. The minimum Gasteiger partial charge on any atom is -0.496 e. The van der Waals surface area contributed by atoms with E-state index in [4.69, 9.17) is 14.2 Å². The normalized spacial score (nSPS) is 15.8. The molecule has 1 unspecified atom stereocenters. The minimum atomic E-state index is -0.433. The molecule has 5 heteroatoms. The Labute approximate surface area is 140 Å². The van der Waals surface area contributed by atoms with Gasteiger partial charge in [-0.3, -0.25) is 4.98 Å². The molecule has 2 aromatic rings. The average Bonchev–Trinajstić information content (AvgIpc) is 2.97. The van der Waals surface area contributed by atoms with Crippen LogP contribution in [0.5, 0.6) is 11.5 Å². The number of pyridine rings is 1. The third-order valence-electron chi connectivity index (χ3n) is 3.74. The van der Waals surface area contributed by atoms with Crippen LogP contribution in [-0.2, 0) is 22.6 Å². The number of carbonyl (C=O) groups excluding carboxylic acids is 1. The molecule has 2 heterocycles. The number of fused-ring (bicyclic) bond motifs is 1. The molecule has 1 aromatic heterocycles. The van der Waals surface area contributed by atoms with Crippen LogP contribution < -0.4 is 9.47 Å². The first kappa shape index (κ1) is 16.1. The molecule has 0 fully saturated rings. The average molecular weight is 325 g/mol. The predicted molar refractivity (Wildman–Crippen MR) is 89.9 cm³/mol. The first-order chi connectivity index (χ1) is 11.7. The van der Waals surface area contributed by atoms with E-state index in [2.05, 4.69) is 4.98 Å². The standard InChI is InChI=1S/C19H19NO4/c1-13-9-15-11-17(22-2)14(10-18(15)24-13)6-7-19(21)23-12-16-5-3-4-8-20-16/h3-8,10-11,13H,9,12H2,1-2H3. The van der Waals surface area contributed by atoms with Crippen molar-refractivity contribution in [3.05, 3.63) is 59.4 Å². The van der Waals surface area contributed by atoms with Crippen LogP contribution in [0.2, 0.25) is 0 Å². The number of hydrogen-bond donors (Lipinski definition) is 0. The number of esters is 1. The van der Waals surface area contributed by atoms with Gasteiger partial charge in [-0.2, -0.15) is 0 Å². The van der Waals surface area contributed by atoms with Gasteiger partial charge >= 0.3 is 5.97 Å². The SMILES string of the molecule is COc1cc2c(cc1C=CC(=O)OCc1ccccn1)OC(C)C2. The van der Waals surface area contributed by atoms with Gasteiger partial charge in [0.15, 0.2) is 0 Å². The quantitative estimate of drug-likeness (QED) is 0.624. The zero-order valence-corrected chi connectivity index (χ0v) is 13.7. The molecular weight excluding hydrogens is 306 g/mol. The summed E-state index contributed by atoms with van der Waals surface area (Å²) in [7, 11) is 1.61. The van der Waals surface area contributed by atoms with Crippen molar-refractivity contribution < 1.29 is 19.0 Å². The molecule has 1 atom stereocenters. The molecule has 24 heavy (non-hydrogen) atoms. The summed E-state index contributed by atoms with van der Waals surface area (Å²) in [6.45, 7) is 2.17. The van der Waals surface area contributed by atoms with Crippen LogP contribution in [0.25, 0.3) is 6.08 Å². The smallest absolute Gasteiger partial charge is 0.331 e. The van der Waals surface area contributed by atoms with Crippen molar-refractivity contribution in [3.8, 4) is 11.5 Å². The van der Waals surface area contributed by atoms with Crippen LogP contribution in [0.1, 0.15) is 23.7 Å². The van der Waals surface area contributed by atoms with Crippen molar-refractivity contribution in [1.82, 2.24) is 4.98 Å². The maximum Gasteiger partial charge on any atom is 0.331 e. The molecule has 0 bridgehead atoms. The molecular formula is C19H19NO4. The Morgan fingerprint density at radius 1 is 1.42 bits per heavy atom. The summed E-state index contributed by atoms with van der Waals surface area (Å²) < 4.78 is 16.3. The van der Waals surface area contributed by atoms with Crippen LogP contribution in [0.15, 0.2) is 42.6 Å². The number of nitrogens with zero attached hydrogens (tertiary/aromatic N) is 1. The second-order valence-corrected chi connectivity index (χ2v) is 5.60. The molecule has 124 valence electrons. The molecule has 5 nitrogen and oxygen atoms in total.